The molecule has 4 atom stereocenters. The molecular formula is C17H34N2O. The Morgan fingerprint density at radius 1 is 1.25 bits per heavy atom. The molecule has 4 unspecified atom stereocenters. The first kappa shape index (κ1) is 16.3. The summed E-state index contributed by atoms with van der Waals surface area (Å²) in [6.45, 7) is 10.3. The minimum Gasteiger partial charge on any atom is -0.377 e. The second-order valence-electron chi connectivity index (χ2n) is 7.00. The fourth-order valence-electron chi connectivity index (χ4n) is 4.07. The molecule has 1 saturated carbocycles. The lowest BCUT2D eigenvalue weighted by atomic mass is 9.76. The molecule has 3 nitrogen and oxygen atoms in total. The van der Waals surface area contributed by atoms with Crippen molar-refractivity contribution in [3.05, 3.63) is 0 Å². The highest BCUT2D eigenvalue weighted by Crippen LogP contribution is 2.33. The molecule has 2 rings (SSSR count). The SMILES string of the molecule is CCN(CC1CCCO1)C1CC(C(C)C)CCC1NC. The number of ether oxygens (including phenoxy) is 1. The maximum Gasteiger partial charge on any atom is 0.0702 e. The molecule has 3 heteroatoms. The van der Waals surface area contributed by atoms with E-state index < -0.39 is 0 Å². The van der Waals surface area contributed by atoms with Crippen molar-refractivity contribution >= 4 is 0 Å². The van der Waals surface area contributed by atoms with E-state index in [1.165, 1.54) is 32.1 Å². The fourth-order valence-corrected chi connectivity index (χ4v) is 4.07. The summed E-state index contributed by atoms with van der Waals surface area (Å²) in [4.78, 5) is 2.69. The molecule has 0 spiro atoms. The molecule has 2 fully saturated rings. The van der Waals surface area contributed by atoms with E-state index in [-0.39, 0.29) is 0 Å². The van der Waals surface area contributed by atoms with Crippen molar-refractivity contribution < 1.29 is 4.74 Å². The Morgan fingerprint density at radius 2 is 2.05 bits per heavy atom. The van der Waals surface area contributed by atoms with Gasteiger partial charge in [-0.05, 0) is 57.5 Å². The van der Waals surface area contributed by atoms with Crippen molar-refractivity contribution in [1.82, 2.24) is 10.2 Å². The van der Waals surface area contributed by atoms with Gasteiger partial charge in [0.2, 0.25) is 0 Å². The van der Waals surface area contributed by atoms with Gasteiger partial charge in [-0.1, -0.05) is 20.8 Å². The summed E-state index contributed by atoms with van der Waals surface area (Å²) in [7, 11) is 2.13. The van der Waals surface area contributed by atoms with E-state index >= 15 is 0 Å². The highest BCUT2D eigenvalue weighted by Gasteiger charge is 2.35. The molecule has 0 aromatic heterocycles. The van der Waals surface area contributed by atoms with Crippen LogP contribution in [0, 0.1) is 11.8 Å². The van der Waals surface area contributed by atoms with Gasteiger partial charge < -0.3 is 10.1 Å². The van der Waals surface area contributed by atoms with Gasteiger partial charge in [-0.2, -0.15) is 0 Å². The molecule has 0 bridgehead atoms. The van der Waals surface area contributed by atoms with E-state index in [1.54, 1.807) is 0 Å². The summed E-state index contributed by atoms with van der Waals surface area (Å²) in [6.07, 6.45) is 7.04. The Balaban J connectivity index is 1.98. The number of hydrogen-bond donors (Lipinski definition) is 1. The lowest BCUT2D eigenvalue weighted by Crippen LogP contribution is -2.54. The van der Waals surface area contributed by atoms with Crippen LogP contribution in [-0.2, 0) is 4.74 Å². The summed E-state index contributed by atoms with van der Waals surface area (Å²) >= 11 is 0. The van der Waals surface area contributed by atoms with Gasteiger partial charge in [0.25, 0.3) is 0 Å². The van der Waals surface area contributed by atoms with E-state index in [0.717, 1.165) is 31.5 Å². The summed E-state index contributed by atoms with van der Waals surface area (Å²) < 4.78 is 5.86. The minimum atomic E-state index is 0.479. The number of likely N-dealkylation sites (N-methyl/N-ethyl adjacent to an activating group) is 2. The smallest absolute Gasteiger partial charge is 0.0702 e. The van der Waals surface area contributed by atoms with Crippen LogP contribution in [0.4, 0.5) is 0 Å². The van der Waals surface area contributed by atoms with Crippen molar-refractivity contribution in [2.45, 2.75) is 71.1 Å². The average molecular weight is 282 g/mol. The Labute approximate surface area is 125 Å². The van der Waals surface area contributed by atoms with E-state index in [4.69, 9.17) is 4.74 Å². The maximum absolute atomic E-state index is 5.86. The molecule has 0 aromatic rings. The molecule has 1 aliphatic carbocycles. The highest BCUT2D eigenvalue weighted by atomic mass is 16.5. The molecule has 0 radical (unpaired) electrons. The fraction of sp³-hybridized carbons (Fsp3) is 1.00. The van der Waals surface area contributed by atoms with Gasteiger partial charge >= 0.3 is 0 Å². The summed E-state index contributed by atoms with van der Waals surface area (Å²) in [5.74, 6) is 1.71. The van der Waals surface area contributed by atoms with Crippen LogP contribution in [0.3, 0.4) is 0 Å². The summed E-state index contributed by atoms with van der Waals surface area (Å²) in [5, 5.41) is 3.57. The van der Waals surface area contributed by atoms with Crippen LogP contribution in [0.5, 0.6) is 0 Å². The van der Waals surface area contributed by atoms with Crippen LogP contribution >= 0.6 is 0 Å². The summed E-state index contributed by atoms with van der Waals surface area (Å²) in [5.41, 5.74) is 0. The van der Waals surface area contributed by atoms with E-state index in [0.29, 0.717) is 18.2 Å². The van der Waals surface area contributed by atoms with Gasteiger partial charge in [-0.15, -0.1) is 0 Å². The topological polar surface area (TPSA) is 24.5 Å². The molecule has 0 aromatic carbocycles. The first-order valence-electron chi connectivity index (χ1n) is 8.68. The third-order valence-electron chi connectivity index (χ3n) is 5.51. The van der Waals surface area contributed by atoms with Gasteiger partial charge in [0.05, 0.1) is 6.10 Å². The van der Waals surface area contributed by atoms with Crippen LogP contribution in [0.1, 0.15) is 52.9 Å². The third kappa shape index (κ3) is 3.96. The molecule has 1 N–H and O–H groups in total. The number of nitrogens with zero attached hydrogens (tertiary/aromatic N) is 1. The normalized spacial score (nSPS) is 35.1. The zero-order valence-electron chi connectivity index (χ0n) is 13.9. The van der Waals surface area contributed by atoms with Crippen LogP contribution < -0.4 is 5.32 Å². The molecule has 2 aliphatic rings. The lowest BCUT2D eigenvalue weighted by Gasteiger charge is -2.44. The first-order valence-corrected chi connectivity index (χ1v) is 8.68. The molecule has 1 aliphatic heterocycles. The largest absolute Gasteiger partial charge is 0.377 e. The lowest BCUT2D eigenvalue weighted by molar-refractivity contribution is 0.0300. The Hall–Kier alpha value is -0.120. The first-order chi connectivity index (χ1) is 9.65. The molecule has 20 heavy (non-hydrogen) atoms. The van der Waals surface area contributed by atoms with Gasteiger partial charge in [-0.25, -0.2) is 0 Å². The van der Waals surface area contributed by atoms with Crippen LogP contribution in [0.15, 0.2) is 0 Å². The number of nitrogens with one attached hydrogen (secondary N) is 1. The third-order valence-corrected chi connectivity index (χ3v) is 5.51. The molecule has 1 heterocycles. The van der Waals surface area contributed by atoms with E-state index in [1.807, 2.05) is 0 Å². The van der Waals surface area contributed by atoms with Crippen molar-refractivity contribution in [2.24, 2.45) is 11.8 Å². The standard InChI is InChI=1S/C17H34N2O/c1-5-19(12-15-7-6-10-20-15)17-11-14(13(2)3)8-9-16(17)18-4/h13-18H,5-12H2,1-4H3. The predicted molar refractivity (Wildman–Crippen MR) is 85.0 cm³/mol. The van der Waals surface area contributed by atoms with E-state index in [9.17, 15) is 0 Å². The second-order valence-corrected chi connectivity index (χ2v) is 7.00. The predicted octanol–water partition coefficient (Wildman–Crippen LogP) is 2.90. The van der Waals surface area contributed by atoms with Crippen molar-refractivity contribution in [2.75, 3.05) is 26.7 Å². The van der Waals surface area contributed by atoms with Gasteiger partial charge in [0, 0.05) is 25.2 Å². The number of hydrogen-bond acceptors (Lipinski definition) is 3. The molecular weight excluding hydrogens is 248 g/mol. The van der Waals surface area contributed by atoms with Gasteiger partial charge in [0.1, 0.15) is 0 Å². The van der Waals surface area contributed by atoms with Crippen LogP contribution in [0.25, 0.3) is 0 Å². The Morgan fingerprint density at radius 3 is 2.60 bits per heavy atom. The molecule has 118 valence electrons. The quantitative estimate of drug-likeness (QED) is 0.811. The Kier molecular flexibility index (Phi) is 6.31. The second kappa shape index (κ2) is 7.77. The average Bonchev–Trinajstić information content (AvgIpc) is 2.97. The van der Waals surface area contributed by atoms with Crippen LogP contribution in [-0.4, -0.2) is 49.8 Å². The van der Waals surface area contributed by atoms with Crippen LogP contribution in [0.2, 0.25) is 0 Å². The monoisotopic (exact) mass is 282 g/mol. The number of rotatable bonds is 6. The van der Waals surface area contributed by atoms with Gasteiger partial charge in [0.15, 0.2) is 0 Å². The van der Waals surface area contributed by atoms with Crippen molar-refractivity contribution in [1.29, 1.82) is 0 Å². The maximum atomic E-state index is 5.86. The zero-order chi connectivity index (χ0) is 14.5. The van der Waals surface area contributed by atoms with Gasteiger partial charge in [-0.3, -0.25) is 4.90 Å². The van der Waals surface area contributed by atoms with Crippen molar-refractivity contribution in [3.63, 3.8) is 0 Å². The van der Waals surface area contributed by atoms with E-state index in [2.05, 4.69) is 38.0 Å². The highest BCUT2D eigenvalue weighted by molar-refractivity contribution is 4.92. The minimum absolute atomic E-state index is 0.479. The van der Waals surface area contributed by atoms with Crippen molar-refractivity contribution in [3.8, 4) is 0 Å². The zero-order valence-corrected chi connectivity index (χ0v) is 13.9. The summed E-state index contributed by atoms with van der Waals surface area (Å²) in [6, 6.07) is 1.35. The molecule has 0 amide bonds. The Bertz CT molecular complexity index is 276. The molecule has 1 saturated heterocycles.